The second kappa shape index (κ2) is 5.06. The van der Waals surface area contributed by atoms with E-state index in [1.165, 1.54) is 0 Å². The zero-order valence-electron chi connectivity index (χ0n) is 8.85. The van der Waals surface area contributed by atoms with Crippen molar-refractivity contribution >= 4 is 29.6 Å². The molecule has 1 unspecified atom stereocenters. The number of sulfone groups is 1. The first-order valence-corrected chi connectivity index (χ1v) is 9.27. The van der Waals surface area contributed by atoms with E-state index in [2.05, 4.69) is 6.58 Å². The second-order valence-electron chi connectivity index (χ2n) is 4.26. The molecule has 1 heterocycles. The fourth-order valence-corrected chi connectivity index (χ4v) is 4.83. The monoisotopic (exact) mass is 286 g/mol. The van der Waals surface area contributed by atoms with Crippen LogP contribution in [0.5, 0.6) is 0 Å². The molecule has 0 aromatic carbocycles. The zero-order valence-corrected chi connectivity index (χ0v) is 11.2. The molecule has 94 valence electrons. The summed E-state index contributed by atoms with van der Waals surface area (Å²) in [5.41, 5.74) is 0.483. The Balaban J connectivity index is 2.52. The molecule has 0 saturated carbocycles. The van der Waals surface area contributed by atoms with Crippen molar-refractivity contribution in [2.75, 3.05) is 17.3 Å². The van der Waals surface area contributed by atoms with Gasteiger partial charge in [-0.15, -0.1) is 0 Å². The lowest BCUT2D eigenvalue weighted by atomic mass is 9.98. The fraction of sp³-hybridized carbons (Fsp3) is 0.778. The minimum absolute atomic E-state index is 0.00957. The van der Waals surface area contributed by atoms with Crippen LogP contribution in [-0.4, -0.2) is 34.1 Å². The molecular formula is C9H15ClO4S2. The van der Waals surface area contributed by atoms with Crippen molar-refractivity contribution in [3.8, 4) is 0 Å². The van der Waals surface area contributed by atoms with Gasteiger partial charge in [-0.3, -0.25) is 0 Å². The Labute approximate surface area is 101 Å². The third-order valence-electron chi connectivity index (χ3n) is 2.51. The van der Waals surface area contributed by atoms with E-state index in [0.717, 1.165) is 6.42 Å². The third kappa shape index (κ3) is 5.32. The maximum absolute atomic E-state index is 11.4. The average molecular weight is 287 g/mol. The number of halogens is 1. The largest absolute Gasteiger partial charge is 0.236 e. The summed E-state index contributed by atoms with van der Waals surface area (Å²) in [7, 11) is -1.43. The summed E-state index contributed by atoms with van der Waals surface area (Å²) in [5.74, 6) is 0.0909. The Morgan fingerprint density at radius 2 is 2.06 bits per heavy atom. The minimum Gasteiger partial charge on any atom is -0.229 e. The van der Waals surface area contributed by atoms with Crippen LogP contribution >= 0.6 is 10.7 Å². The highest BCUT2D eigenvalue weighted by atomic mass is 35.7. The molecule has 0 bridgehead atoms. The van der Waals surface area contributed by atoms with Crippen molar-refractivity contribution < 1.29 is 16.8 Å². The summed E-state index contributed by atoms with van der Waals surface area (Å²) in [4.78, 5) is 0. The Kier molecular flexibility index (Phi) is 4.42. The highest BCUT2D eigenvalue weighted by Gasteiger charge is 2.25. The van der Waals surface area contributed by atoms with Crippen LogP contribution in [0.3, 0.4) is 0 Å². The molecule has 1 aliphatic heterocycles. The molecule has 0 spiro atoms. The van der Waals surface area contributed by atoms with Crippen LogP contribution in [0, 0.1) is 5.92 Å². The first kappa shape index (κ1) is 14.0. The first-order valence-electron chi connectivity index (χ1n) is 4.97. The molecule has 1 rings (SSSR count). The summed E-state index contributed by atoms with van der Waals surface area (Å²) in [6, 6.07) is 0. The van der Waals surface area contributed by atoms with Crippen molar-refractivity contribution in [3.05, 3.63) is 12.2 Å². The quantitative estimate of drug-likeness (QED) is 0.577. The van der Waals surface area contributed by atoms with Crippen molar-refractivity contribution in [2.24, 2.45) is 5.92 Å². The van der Waals surface area contributed by atoms with Gasteiger partial charge in [0.1, 0.15) is 0 Å². The summed E-state index contributed by atoms with van der Waals surface area (Å²) in [6.45, 7) is 3.62. The number of rotatable bonds is 4. The van der Waals surface area contributed by atoms with Gasteiger partial charge in [0.05, 0.1) is 17.3 Å². The van der Waals surface area contributed by atoms with Gasteiger partial charge in [0.2, 0.25) is 9.05 Å². The van der Waals surface area contributed by atoms with Gasteiger partial charge in [-0.1, -0.05) is 12.2 Å². The van der Waals surface area contributed by atoms with E-state index in [9.17, 15) is 16.8 Å². The van der Waals surface area contributed by atoms with E-state index >= 15 is 0 Å². The molecule has 0 aromatic rings. The molecule has 0 N–H and O–H groups in total. The molecular weight excluding hydrogens is 272 g/mol. The van der Waals surface area contributed by atoms with E-state index in [0.29, 0.717) is 18.4 Å². The van der Waals surface area contributed by atoms with Crippen LogP contribution in [0.1, 0.15) is 19.3 Å². The highest BCUT2D eigenvalue weighted by Crippen LogP contribution is 2.24. The predicted molar refractivity (Wildman–Crippen MR) is 64.8 cm³/mol. The van der Waals surface area contributed by atoms with Crippen molar-refractivity contribution in [1.29, 1.82) is 0 Å². The maximum Gasteiger partial charge on any atom is 0.236 e. The molecule has 0 amide bonds. The second-order valence-corrected chi connectivity index (χ2v) is 9.27. The zero-order chi connectivity index (χ0) is 12.4. The van der Waals surface area contributed by atoms with Crippen LogP contribution in [0.25, 0.3) is 0 Å². The SMILES string of the molecule is C=C(CC1CCCS(=O)(=O)C1)CS(=O)(=O)Cl. The van der Waals surface area contributed by atoms with Gasteiger partial charge in [0.25, 0.3) is 0 Å². The molecule has 1 saturated heterocycles. The maximum atomic E-state index is 11.4. The standard InChI is InChI=1S/C9H15ClO4S2/c1-8(6-16(10,13)14)5-9-3-2-4-15(11,12)7-9/h9H,1-7H2. The summed E-state index contributed by atoms with van der Waals surface area (Å²) >= 11 is 0. The molecule has 0 aromatic heterocycles. The van der Waals surface area contributed by atoms with E-state index in [1.54, 1.807) is 0 Å². The van der Waals surface area contributed by atoms with Gasteiger partial charge in [-0.25, -0.2) is 16.8 Å². The van der Waals surface area contributed by atoms with Crippen molar-refractivity contribution in [1.82, 2.24) is 0 Å². The van der Waals surface area contributed by atoms with Gasteiger partial charge in [-0.05, 0) is 25.2 Å². The smallest absolute Gasteiger partial charge is 0.229 e. The van der Waals surface area contributed by atoms with E-state index in [4.69, 9.17) is 10.7 Å². The van der Waals surface area contributed by atoms with Crippen molar-refractivity contribution in [2.45, 2.75) is 19.3 Å². The summed E-state index contributed by atoms with van der Waals surface area (Å²) in [5, 5.41) is 0. The number of hydrogen-bond donors (Lipinski definition) is 0. The van der Waals surface area contributed by atoms with Gasteiger partial charge in [-0.2, -0.15) is 0 Å². The lowest BCUT2D eigenvalue weighted by Gasteiger charge is -2.22. The molecule has 16 heavy (non-hydrogen) atoms. The molecule has 1 atom stereocenters. The van der Waals surface area contributed by atoms with Crippen LogP contribution in [0.4, 0.5) is 0 Å². The van der Waals surface area contributed by atoms with Crippen LogP contribution in [0.15, 0.2) is 12.2 Å². The normalized spacial score (nSPS) is 25.2. The molecule has 1 fully saturated rings. The fourth-order valence-electron chi connectivity index (χ4n) is 1.99. The molecule has 7 heteroatoms. The third-order valence-corrected chi connectivity index (χ3v) is 5.48. The van der Waals surface area contributed by atoms with E-state index < -0.39 is 18.9 Å². The first-order chi connectivity index (χ1) is 7.18. The molecule has 0 aliphatic carbocycles. The summed E-state index contributed by atoms with van der Waals surface area (Å²) < 4.78 is 44.3. The van der Waals surface area contributed by atoms with Crippen LogP contribution < -0.4 is 0 Å². The van der Waals surface area contributed by atoms with Gasteiger partial charge >= 0.3 is 0 Å². The Bertz CT molecular complexity index is 464. The van der Waals surface area contributed by atoms with Crippen molar-refractivity contribution in [3.63, 3.8) is 0 Å². The minimum atomic E-state index is -3.58. The van der Waals surface area contributed by atoms with Gasteiger partial charge in [0.15, 0.2) is 9.84 Å². The number of hydrogen-bond acceptors (Lipinski definition) is 4. The Hall–Kier alpha value is -0.0700. The van der Waals surface area contributed by atoms with E-state index in [-0.39, 0.29) is 23.2 Å². The van der Waals surface area contributed by atoms with Gasteiger partial charge < -0.3 is 0 Å². The molecule has 1 aliphatic rings. The average Bonchev–Trinajstić information content (AvgIpc) is 1.96. The lowest BCUT2D eigenvalue weighted by Crippen LogP contribution is -2.25. The summed E-state index contributed by atoms with van der Waals surface area (Å²) in [6.07, 6.45) is 1.87. The Morgan fingerprint density at radius 3 is 2.56 bits per heavy atom. The molecule has 0 radical (unpaired) electrons. The topological polar surface area (TPSA) is 68.3 Å². The van der Waals surface area contributed by atoms with Crippen LogP contribution in [0.2, 0.25) is 0 Å². The van der Waals surface area contributed by atoms with E-state index in [1.807, 2.05) is 0 Å². The highest BCUT2D eigenvalue weighted by molar-refractivity contribution is 8.13. The lowest BCUT2D eigenvalue weighted by molar-refractivity contribution is 0.483. The van der Waals surface area contributed by atoms with Gasteiger partial charge in [0, 0.05) is 10.7 Å². The Morgan fingerprint density at radius 1 is 1.44 bits per heavy atom. The van der Waals surface area contributed by atoms with Crippen LogP contribution in [-0.2, 0) is 18.9 Å². The predicted octanol–water partition coefficient (Wildman–Crippen LogP) is 1.33. The molecule has 4 nitrogen and oxygen atoms in total.